The van der Waals surface area contributed by atoms with Crippen LogP contribution in [0.3, 0.4) is 0 Å². The lowest BCUT2D eigenvalue weighted by Gasteiger charge is -2.28. The third-order valence-electron chi connectivity index (χ3n) is 3.71. The van der Waals surface area contributed by atoms with Crippen LogP contribution in [0, 0.1) is 0 Å². The lowest BCUT2D eigenvalue weighted by molar-refractivity contribution is 0.0237. The molecule has 0 aliphatic carbocycles. The third kappa shape index (κ3) is 5.01. The summed E-state index contributed by atoms with van der Waals surface area (Å²) in [5.74, 6) is -0.119. The summed E-state index contributed by atoms with van der Waals surface area (Å²) in [7, 11) is 1.73. The topological polar surface area (TPSA) is 97.8 Å². The van der Waals surface area contributed by atoms with Crippen molar-refractivity contribution in [3.05, 3.63) is 11.9 Å². The molecule has 1 aliphatic heterocycles. The van der Waals surface area contributed by atoms with Gasteiger partial charge in [-0.3, -0.25) is 0 Å². The summed E-state index contributed by atoms with van der Waals surface area (Å²) in [6.45, 7) is 8.78. The summed E-state index contributed by atoms with van der Waals surface area (Å²) in [5.41, 5.74) is -0.452. The maximum Gasteiger partial charge on any atom is 0.410 e. The number of esters is 1. The molecule has 1 amide bonds. The van der Waals surface area contributed by atoms with Crippen molar-refractivity contribution in [3.63, 3.8) is 0 Å². The number of hydrogen-bond donors (Lipinski definition) is 0. The summed E-state index contributed by atoms with van der Waals surface area (Å²) in [6.07, 6.45) is 1.78. The van der Waals surface area contributed by atoms with Crippen LogP contribution in [0.4, 0.5) is 10.7 Å². The summed E-state index contributed by atoms with van der Waals surface area (Å²) < 4.78 is 10.2. The van der Waals surface area contributed by atoms with E-state index in [1.165, 1.54) is 6.20 Å². The quantitative estimate of drug-likeness (QED) is 0.753. The second-order valence-corrected chi connectivity index (χ2v) is 6.84. The van der Waals surface area contributed by atoms with Crippen molar-refractivity contribution in [2.75, 3.05) is 31.6 Å². The maximum atomic E-state index is 12.2. The minimum Gasteiger partial charge on any atom is -0.461 e. The first-order valence-electron chi connectivity index (χ1n) is 8.29. The Kier molecular flexibility index (Phi) is 5.76. The van der Waals surface area contributed by atoms with Crippen molar-refractivity contribution in [1.82, 2.24) is 20.1 Å². The Bertz CT molecular complexity index is 614. The molecule has 0 spiro atoms. The highest BCUT2D eigenvalue weighted by atomic mass is 16.6. The number of ether oxygens (including phenoxy) is 2. The van der Waals surface area contributed by atoms with E-state index >= 15 is 0 Å². The predicted octanol–water partition coefficient (Wildman–Crippen LogP) is 1.49. The molecule has 1 aromatic rings. The van der Waals surface area contributed by atoms with Crippen LogP contribution in [0.1, 0.15) is 44.6 Å². The number of anilines is 1. The molecule has 2 rings (SSSR count). The number of nitrogens with zero attached hydrogens (tertiary/aromatic N) is 5. The van der Waals surface area contributed by atoms with Crippen molar-refractivity contribution >= 4 is 18.0 Å². The van der Waals surface area contributed by atoms with Gasteiger partial charge in [0, 0.05) is 20.1 Å². The number of likely N-dealkylation sites (N-methyl/N-ethyl adjacent to an activating group) is 1. The molecule has 1 aliphatic rings. The number of amides is 1. The van der Waals surface area contributed by atoms with Crippen LogP contribution in [0.2, 0.25) is 0 Å². The Hall–Kier alpha value is -2.45. The second kappa shape index (κ2) is 7.62. The number of hydrogen-bond acceptors (Lipinski definition) is 8. The molecular formula is C16H25N5O4. The Morgan fingerprint density at radius 2 is 2.08 bits per heavy atom. The van der Waals surface area contributed by atoms with E-state index in [2.05, 4.69) is 15.2 Å². The minimum atomic E-state index is -0.544. The average molecular weight is 351 g/mol. The van der Waals surface area contributed by atoms with E-state index in [1.807, 2.05) is 25.7 Å². The van der Waals surface area contributed by atoms with Crippen LogP contribution >= 0.6 is 0 Å². The fourth-order valence-corrected chi connectivity index (χ4v) is 2.44. The summed E-state index contributed by atoms with van der Waals surface area (Å²) in [5, 5.41) is 7.85. The first-order valence-corrected chi connectivity index (χ1v) is 8.29. The summed E-state index contributed by atoms with van der Waals surface area (Å²) in [4.78, 5) is 31.4. The Morgan fingerprint density at radius 3 is 2.64 bits per heavy atom. The zero-order chi connectivity index (χ0) is 18.6. The molecule has 1 atom stereocenters. The number of carbonyl (C=O) groups excluding carboxylic acids is 2. The van der Waals surface area contributed by atoms with Crippen LogP contribution in [-0.4, -0.2) is 70.5 Å². The van der Waals surface area contributed by atoms with E-state index < -0.39 is 11.6 Å². The standard InChI is InChI=1S/C16H25N5O4/c1-6-24-13(22)12-9-17-14(19-18-12)21-8-7-11(10-21)20(5)15(23)25-16(2,3)4/h9,11H,6-8,10H2,1-5H3/t11-/m1/s1. The first kappa shape index (κ1) is 18.9. The predicted molar refractivity (Wildman–Crippen MR) is 90.4 cm³/mol. The highest BCUT2D eigenvalue weighted by molar-refractivity contribution is 5.86. The van der Waals surface area contributed by atoms with E-state index in [1.54, 1.807) is 18.9 Å². The molecule has 1 fully saturated rings. The molecule has 1 aromatic heterocycles. The van der Waals surface area contributed by atoms with E-state index in [9.17, 15) is 9.59 Å². The van der Waals surface area contributed by atoms with Gasteiger partial charge in [-0.05, 0) is 34.1 Å². The monoisotopic (exact) mass is 351 g/mol. The fraction of sp³-hybridized carbons (Fsp3) is 0.688. The molecule has 9 heteroatoms. The molecule has 0 unspecified atom stereocenters. The molecule has 0 N–H and O–H groups in total. The van der Waals surface area contributed by atoms with Crippen LogP contribution in [0.15, 0.2) is 6.20 Å². The van der Waals surface area contributed by atoms with Crippen LogP contribution in [0.5, 0.6) is 0 Å². The van der Waals surface area contributed by atoms with Crippen LogP contribution in [-0.2, 0) is 9.47 Å². The van der Waals surface area contributed by atoms with Gasteiger partial charge in [0.05, 0.1) is 18.8 Å². The van der Waals surface area contributed by atoms with Gasteiger partial charge in [-0.1, -0.05) is 0 Å². The van der Waals surface area contributed by atoms with Crippen LogP contribution in [0.25, 0.3) is 0 Å². The zero-order valence-electron chi connectivity index (χ0n) is 15.4. The largest absolute Gasteiger partial charge is 0.461 e. The van der Waals surface area contributed by atoms with E-state index in [4.69, 9.17) is 9.47 Å². The first-order chi connectivity index (χ1) is 11.7. The van der Waals surface area contributed by atoms with Gasteiger partial charge in [-0.15, -0.1) is 10.2 Å². The van der Waals surface area contributed by atoms with Gasteiger partial charge in [0.15, 0.2) is 5.69 Å². The minimum absolute atomic E-state index is 0.00295. The smallest absolute Gasteiger partial charge is 0.410 e. The van der Waals surface area contributed by atoms with Gasteiger partial charge < -0.3 is 19.3 Å². The number of aromatic nitrogens is 3. The zero-order valence-corrected chi connectivity index (χ0v) is 15.4. The fourth-order valence-electron chi connectivity index (χ4n) is 2.44. The Morgan fingerprint density at radius 1 is 1.36 bits per heavy atom. The molecule has 0 bridgehead atoms. The van der Waals surface area contributed by atoms with E-state index in [-0.39, 0.29) is 24.4 Å². The molecule has 25 heavy (non-hydrogen) atoms. The van der Waals surface area contributed by atoms with Crippen molar-refractivity contribution < 1.29 is 19.1 Å². The Labute approximate surface area is 147 Å². The van der Waals surface area contributed by atoms with Crippen LogP contribution < -0.4 is 4.90 Å². The molecule has 9 nitrogen and oxygen atoms in total. The number of carbonyl (C=O) groups is 2. The van der Waals surface area contributed by atoms with Crippen molar-refractivity contribution in [2.24, 2.45) is 0 Å². The third-order valence-corrected chi connectivity index (χ3v) is 3.71. The van der Waals surface area contributed by atoms with Crippen molar-refractivity contribution in [3.8, 4) is 0 Å². The second-order valence-electron chi connectivity index (χ2n) is 6.84. The molecule has 138 valence electrons. The normalized spacial score (nSPS) is 17.3. The van der Waals surface area contributed by atoms with Gasteiger partial charge in [-0.25, -0.2) is 14.6 Å². The van der Waals surface area contributed by atoms with Gasteiger partial charge in [-0.2, -0.15) is 0 Å². The van der Waals surface area contributed by atoms with E-state index in [0.717, 1.165) is 6.42 Å². The number of rotatable bonds is 4. The van der Waals surface area contributed by atoms with Gasteiger partial charge in [0.25, 0.3) is 0 Å². The van der Waals surface area contributed by atoms with Crippen molar-refractivity contribution in [2.45, 2.75) is 45.8 Å². The summed E-state index contributed by atoms with van der Waals surface area (Å²) in [6, 6.07) is 0.00295. The SMILES string of the molecule is CCOC(=O)c1cnc(N2CC[C@@H](N(C)C(=O)OC(C)(C)C)C2)nn1. The maximum absolute atomic E-state index is 12.2. The molecule has 0 aromatic carbocycles. The molecular weight excluding hydrogens is 326 g/mol. The molecule has 2 heterocycles. The van der Waals surface area contributed by atoms with Gasteiger partial charge >= 0.3 is 12.1 Å². The lowest BCUT2D eigenvalue weighted by atomic mass is 10.2. The van der Waals surface area contributed by atoms with Gasteiger partial charge in [0.1, 0.15) is 5.60 Å². The van der Waals surface area contributed by atoms with Crippen molar-refractivity contribution in [1.29, 1.82) is 0 Å². The molecule has 0 saturated carbocycles. The molecule has 1 saturated heterocycles. The average Bonchev–Trinajstić information content (AvgIpc) is 3.02. The van der Waals surface area contributed by atoms with E-state index in [0.29, 0.717) is 19.0 Å². The highest BCUT2D eigenvalue weighted by Crippen LogP contribution is 2.20. The lowest BCUT2D eigenvalue weighted by Crippen LogP contribution is -2.42. The highest BCUT2D eigenvalue weighted by Gasteiger charge is 2.32. The van der Waals surface area contributed by atoms with Gasteiger partial charge in [0.2, 0.25) is 5.95 Å². The Balaban J connectivity index is 1.96. The summed E-state index contributed by atoms with van der Waals surface area (Å²) >= 11 is 0. The molecule has 0 radical (unpaired) electrons.